The molecule has 2 fully saturated rings. The van der Waals surface area contributed by atoms with Crippen LogP contribution in [-0.4, -0.2) is 13.1 Å². The Hall–Kier alpha value is -0.730. The highest BCUT2D eigenvalue weighted by Gasteiger charge is 2.30. The molecule has 0 heterocycles. The second-order valence-corrected chi connectivity index (χ2v) is 6.19. The Morgan fingerprint density at radius 2 is 1.72 bits per heavy atom. The fourth-order valence-corrected chi connectivity index (χ4v) is 2.75. The van der Waals surface area contributed by atoms with Gasteiger partial charge in [0.05, 0.1) is 10.7 Å². The van der Waals surface area contributed by atoms with Gasteiger partial charge >= 0.3 is 0 Å². The van der Waals surface area contributed by atoms with Gasteiger partial charge in [-0.1, -0.05) is 17.7 Å². The van der Waals surface area contributed by atoms with Crippen molar-refractivity contribution in [1.82, 2.24) is 0 Å². The third-order valence-electron chi connectivity index (χ3n) is 3.94. The quantitative estimate of drug-likeness (QED) is 0.853. The van der Waals surface area contributed by atoms with Gasteiger partial charge in [-0.15, -0.1) is 0 Å². The van der Waals surface area contributed by atoms with Crippen LogP contribution in [0.3, 0.4) is 0 Å². The summed E-state index contributed by atoms with van der Waals surface area (Å²) < 4.78 is 0. The lowest BCUT2D eigenvalue weighted by Crippen LogP contribution is -2.28. The highest BCUT2D eigenvalue weighted by molar-refractivity contribution is 6.33. The van der Waals surface area contributed by atoms with E-state index in [0.29, 0.717) is 6.54 Å². The Morgan fingerprint density at radius 1 is 1.11 bits per heavy atom. The smallest absolute Gasteiger partial charge is 0.0642 e. The molecule has 0 atom stereocenters. The zero-order chi connectivity index (χ0) is 12.5. The van der Waals surface area contributed by atoms with E-state index in [-0.39, 0.29) is 0 Å². The maximum absolute atomic E-state index is 6.41. The molecule has 0 spiro atoms. The van der Waals surface area contributed by atoms with Crippen molar-refractivity contribution in [1.29, 1.82) is 0 Å². The van der Waals surface area contributed by atoms with E-state index >= 15 is 0 Å². The van der Waals surface area contributed by atoms with Crippen molar-refractivity contribution in [2.75, 3.05) is 18.0 Å². The SMILES string of the molecule is NCc1ccc(N(CC2CC2)CC2CC2)c(Cl)c1. The number of rotatable bonds is 6. The summed E-state index contributed by atoms with van der Waals surface area (Å²) in [7, 11) is 0. The van der Waals surface area contributed by atoms with Gasteiger partial charge in [-0.05, 0) is 55.2 Å². The number of anilines is 1. The summed E-state index contributed by atoms with van der Waals surface area (Å²) >= 11 is 6.41. The zero-order valence-electron chi connectivity index (χ0n) is 10.7. The van der Waals surface area contributed by atoms with E-state index in [9.17, 15) is 0 Å². The summed E-state index contributed by atoms with van der Waals surface area (Å²) in [5, 5.41) is 0.860. The Kier molecular flexibility index (Phi) is 3.49. The second-order valence-electron chi connectivity index (χ2n) is 5.78. The minimum atomic E-state index is 0.561. The topological polar surface area (TPSA) is 29.3 Å². The van der Waals surface area contributed by atoms with Crippen LogP contribution in [-0.2, 0) is 6.54 Å². The van der Waals surface area contributed by atoms with E-state index in [2.05, 4.69) is 17.0 Å². The fourth-order valence-electron chi connectivity index (χ4n) is 2.43. The predicted octanol–water partition coefficient (Wildman–Crippen LogP) is 3.43. The molecule has 0 aromatic heterocycles. The van der Waals surface area contributed by atoms with Gasteiger partial charge in [-0.3, -0.25) is 0 Å². The molecule has 0 saturated heterocycles. The monoisotopic (exact) mass is 264 g/mol. The van der Waals surface area contributed by atoms with Crippen molar-refractivity contribution in [3.05, 3.63) is 28.8 Å². The van der Waals surface area contributed by atoms with Crippen molar-refractivity contribution >= 4 is 17.3 Å². The van der Waals surface area contributed by atoms with Crippen LogP contribution in [0.15, 0.2) is 18.2 Å². The Labute approximate surface area is 114 Å². The molecule has 0 bridgehead atoms. The van der Waals surface area contributed by atoms with E-state index in [0.717, 1.165) is 22.4 Å². The summed E-state index contributed by atoms with van der Waals surface area (Å²) in [6.45, 7) is 2.92. The molecule has 1 aromatic rings. The molecule has 18 heavy (non-hydrogen) atoms. The van der Waals surface area contributed by atoms with E-state index in [4.69, 9.17) is 17.3 Å². The van der Waals surface area contributed by atoms with Gasteiger partial charge in [0.25, 0.3) is 0 Å². The molecule has 2 saturated carbocycles. The molecule has 1 aromatic carbocycles. The normalized spacial score (nSPS) is 19.0. The van der Waals surface area contributed by atoms with Crippen LogP contribution in [0, 0.1) is 11.8 Å². The number of nitrogens with zero attached hydrogens (tertiary/aromatic N) is 1. The van der Waals surface area contributed by atoms with Gasteiger partial charge in [0.1, 0.15) is 0 Å². The van der Waals surface area contributed by atoms with Crippen LogP contribution < -0.4 is 10.6 Å². The molecule has 2 N–H and O–H groups in total. The maximum Gasteiger partial charge on any atom is 0.0642 e. The predicted molar refractivity (Wildman–Crippen MR) is 77.0 cm³/mol. The van der Waals surface area contributed by atoms with E-state index in [1.54, 1.807) is 0 Å². The Morgan fingerprint density at radius 3 is 2.17 bits per heavy atom. The Bertz CT molecular complexity index is 411. The molecule has 2 aliphatic rings. The molecular weight excluding hydrogens is 244 g/mol. The van der Waals surface area contributed by atoms with E-state index < -0.39 is 0 Å². The molecule has 0 aliphatic heterocycles. The van der Waals surface area contributed by atoms with Crippen LogP contribution in [0.2, 0.25) is 5.02 Å². The zero-order valence-corrected chi connectivity index (χ0v) is 11.5. The molecule has 98 valence electrons. The summed E-state index contributed by atoms with van der Waals surface area (Å²) in [6.07, 6.45) is 5.55. The van der Waals surface area contributed by atoms with Gasteiger partial charge in [-0.25, -0.2) is 0 Å². The first-order valence-corrected chi connectivity index (χ1v) is 7.37. The first kappa shape index (κ1) is 12.3. The average Bonchev–Trinajstić information content (AvgIpc) is 3.23. The molecule has 2 aliphatic carbocycles. The molecular formula is C15H21ClN2. The number of hydrogen-bond acceptors (Lipinski definition) is 2. The van der Waals surface area contributed by atoms with Crippen LogP contribution >= 0.6 is 11.6 Å². The van der Waals surface area contributed by atoms with E-state index in [1.807, 2.05) is 6.07 Å². The van der Waals surface area contributed by atoms with Crippen LogP contribution in [0.5, 0.6) is 0 Å². The van der Waals surface area contributed by atoms with Gasteiger partial charge in [-0.2, -0.15) is 0 Å². The molecule has 3 heteroatoms. The molecule has 0 amide bonds. The largest absolute Gasteiger partial charge is 0.370 e. The third kappa shape index (κ3) is 2.99. The molecule has 2 nitrogen and oxygen atoms in total. The van der Waals surface area contributed by atoms with Gasteiger partial charge in [0.2, 0.25) is 0 Å². The standard InChI is InChI=1S/C15H21ClN2/c16-14-7-13(8-17)5-6-15(14)18(9-11-1-2-11)10-12-3-4-12/h5-7,11-12H,1-4,8-10,17H2. The lowest BCUT2D eigenvalue weighted by atomic mass is 10.1. The van der Waals surface area contributed by atoms with Gasteiger partial charge in [0, 0.05) is 19.6 Å². The summed E-state index contributed by atoms with van der Waals surface area (Å²) in [5.41, 5.74) is 7.97. The first-order valence-electron chi connectivity index (χ1n) is 6.99. The van der Waals surface area contributed by atoms with Gasteiger partial charge < -0.3 is 10.6 Å². The summed E-state index contributed by atoms with van der Waals surface area (Å²) in [5.74, 6) is 1.79. The minimum Gasteiger partial charge on any atom is -0.370 e. The summed E-state index contributed by atoms with van der Waals surface area (Å²) in [4.78, 5) is 2.50. The van der Waals surface area contributed by atoms with E-state index in [1.165, 1.54) is 44.5 Å². The Balaban J connectivity index is 1.77. The van der Waals surface area contributed by atoms with Gasteiger partial charge in [0.15, 0.2) is 0 Å². The lowest BCUT2D eigenvalue weighted by molar-refractivity contribution is 0.679. The van der Waals surface area contributed by atoms with Crippen LogP contribution in [0.4, 0.5) is 5.69 Å². The molecule has 3 rings (SSSR count). The van der Waals surface area contributed by atoms with Crippen molar-refractivity contribution in [2.45, 2.75) is 32.2 Å². The van der Waals surface area contributed by atoms with Crippen molar-refractivity contribution in [2.24, 2.45) is 17.6 Å². The minimum absolute atomic E-state index is 0.561. The average molecular weight is 265 g/mol. The van der Waals surface area contributed by atoms with Crippen LogP contribution in [0.1, 0.15) is 31.2 Å². The third-order valence-corrected chi connectivity index (χ3v) is 4.24. The second kappa shape index (κ2) is 5.10. The van der Waals surface area contributed by atoms with Crippen LogP contribution in [0.25, 0.3) is 0 Å². The molecule has 0 unspecified atom stereocenters. The number of benzene rings is 1. The number of nitrogens with two attached hydrogens (primary N) is 1. The maximum atomic E-state index is 6.41. The lowest BCUT2D eigenvalue weighted by Gasteiger charge is -2.26. The number of halogens is 1. The highest BCUT2D eigenvalue weighted by atomic mass is 35.5. The highest BCUT2D eigenvalue weighted by Crippen LogP contribution is 2.37. The first-order chi connectivity index (χ1) is 8.76. The molecule has 0 radical (unpaired) electrons. The fraction of sp³-hybridized carbons (Fsp3) is 0.600. The summed E-state index contributed by atoms with van der Waals surface area (Å²) in [6, 6.07) is 6.27. The number of hydrogen-bond donors (Lipinski definition) is 1. The van der Waals surface area contributed by atoms with Crippen molar-refractivity contribution in [3.63, 3.8) is 0 Å². The van der Waals surface area contributed by atoms with Crippen molar-refractivity contribution < 1.29 is 0 Å². The van der Waals surface area contributed by atoms with Crippen molar-refractivity contribution in [3.8, 4) is 0 Å².